The monoisotopic (exact) mass is 291 g/mol. The minimum Gasteiger partial charge on any atom is -0.465 e. The van der Waals surface area contributed by atoms with Crippen LogP contribution in [0, 0.1) is 18.3 Å². The number of furan rings is 1. The second-order valence-corrected chi connectivity index (χ2v) is 6.31. The first kappa shape index (κ1) is 14.2. The molecule has 0 radical (unpaired) electrons. The van der Waals surface area contributed by atoms with Gasteiger partial charge in [-0.2, -0.15) is 9.57 Å². The number of nitrogens with zero attached hydrogens (tertiary/aromatic N) is 3. The van der Waals surface area contributed by atoms with E-state index in [0.29, 0.717) is 5.76 Å². The predicted octanol–water partition coefficient (Wildman–Crippen LogP) is 1.68. The number of sulfonamides is 1. The van der Waals surface area contributed by atoms with E-state index in [2.05, 4.69) is 4.98 Å². The van der Waals surface area contributed by atoms with Crippen molar-refractivity contribution in [1.82, 2.24) is 9.29 Å². The van der Waals surface area contributed by atoms with Gasteiger partial charge in [-0.25, -0.2) is 13.4 Å². The third-order valence-electron chi connectivity index (χ3n) is 2.73. The Morgan fingerprint density at radius 1 is 1.35 bits per heavy atom. The molecule has 0 amide bonds. The highest BCUT2D eigenvalue weighted by Gasteiger charge is 2.22. The molecule has 0 N–H and O–H groups in total. The lowest BCUT2D eigenvalue weighted by atomic mass is 10.4. The SMILES string of the molecule is Cc1ccc(CN(C)S(=O)(=O)c2ccc(C#N)nc2)o1. The van der Waals surface area contributed by atoms with Crippen molar-refractivity contribution >= 4 is 10.0 Å². The minimum atomic E-state index is -3.65. The number of nitriles is 1. The van der Waals surface area contributed by atoms with Gasteiger partial charge >= 0.3 is 0 Å². The summed E-state index contributed by atoms with van der Waals surface area (Å²) in [5, 5.41) is 8.65. The normalized spacial score (nSPS) is 11.5. The van der Waals surface area contributed by atoms with Gasteiger partial charge in [-0.1, -0.05) is 0 Å². The molecule has 7 heteroatoms. The van der Waals surface area contributed by atoms with E-state index < -0.39 is 10.0 Å². The van der Waals surface area contributed by atoms with Crippen LogP contribution in [0.15, 0.2) is 39.8 Å². The van der Waals surface area contributed by atoms with Gasteiger partial charge in [0, 0.05) is 13.2 Å². The van der Waals surface area contributed by atoms with Gasteiger partial charge in [0.05, 0.1) is 6.54 Å². The molecule has 0 spiro atoms. The van der Waals surface area contributed by atoms with Crippen LogP contribution in [0.5, 0.6) is 0 Å². The van der Waals surface area contributed by atoms with E-state index in [9.17, 15) is 8.42 Å². The van der Waals surface area contributed by atoms with Crippen LogP contribution in [-0.2, 0) is 16.6 Å². The van der Waals surface area contributed by atoms with Crippen molar-refractivity contribution in [3.05, 3.63) is 47.7 Å². The van der Waals surface area contributed by atoms with Crippen LogP contribution in [0.2, 0.25) is 0 Å². The fourth-order valence-corrected chi connectivity index (χ4v) is 2.74. The van der Waals surface area contributed by atoms with Crippen LogP contribution in [0.25, 0.3) is 0 Å². The molecule has 0 fully saturated rings. The number of aromatic nitrogens is 1. The molecule has 20 heavy (non-hydrogen) atoms. The third-order valence-corrected chi connectivity index (χ3v) is 4.52. The molecule has 6 nitrogen and oxygen atoms in total. The predicted molar refractivity (Wildman–Crippen MR) is 71.0 cm³/mol. The number of pyridine rings is 1. The lowest BCUT2D eigenvalue weighted by molar-refractivity contribution is 0.397. The maximum Gasteiger partial charge on any atom is 0.244 e. The smallest absolute Gasteiger partial charge is 0.244 e. The minimum absolute atomic E-state index is 0.0438. The second-order valence-electron chi connectivity index (χ2n) is 4.26. The first-order valence-corrected chi connectivity index (χ1v) is 7.25. The number of rotatable bonds is 4. The Balaban J connectivity index is 2.22. The third kappa shape index (κ3) is 2.87. The summed E-state index contributed by atoms with van der Waals surface area (Å²) in [6, 6.07) is 8.09. The Morgan fingerprint density at radius 3 is 2.60 bits per heavy atom. The maximum absolute atomic E-state index is 12.3. The van der Waals surface area contributed by atoms with Crippen LogP contribution in [0.4, 0.5) is 0 Å². The first-order chi connectivity index (χ1) is 9.43. The molecule has 0 saturated carbocycles. The molecule has 0 bridgehead atoms. The molecule has 2 heterocycles. The summed E-state index contributed by atoms with van der Waals surface area (Å²) < 4.78 is 31.1. The number of aryl methyl sites for hydroxylation is 1. The Labute approximate surface area is 117 Å². The Kier molecular flexibility index (Phi) is 3.88. The number of hydrogen-bond acceptors (Lipinski definition) is 5. The van der Waals surface area contributed by atoms with Gasteiger partial charge in [0.1, 0.15) is 28.2 Å². The molecular formula is C13H13N3O3S. The van der Waals surface area contributed by atoms with Crippen molar-refractivity contribution < 1.29 is 12.8 Å². The molecule has 2 rings (SSSR count). The standard InChI is InChI=1S/C13H13N3O3S/c1-10-3-5-12(19-10)9-16(2)20(17,18)13-6-4-11(7-14)15-8-13/h3-6,8H,9H2,1-2H3. The summed E-state index contributed by atoms with van der Waals surface area (Å²) in [4.78, 5) is 3.81. The van der Waals surface area contributed by atoms with Crippen molar-refractivity contribution in [3.8, 4) is 6.07 Å². The summed E-state index contributed by atoms with van der Waals surface area (Å²) in [6.07, 6.45) is 1.18. The molecule has 2 aromatic rings. The topological polar surface area (TPSA) is 87.2 Å². The largest absolute Gasteiger partial charge is 0.465 e. The molecular weight excluding hydrogens is 278 g/mol. The average Bonchev–Trinajstić information content (AvgIpc) is 2.84. The zero-order chi connectivity index (χ0) is 14.8. The molecule has 0 saturated heterocycles. The van der Waals surface area contributed by atoms with Crippen LogP contribution in [-0.4, -0.2) is 24.8 Å². The molecule has 0 unspecified atom stereocenters. The van der Waals surface area contributed by atoms with E-state index in [4.69, 9.17) is 9.68 Å². The van der Waals surface area contributed by atoms with Gasteiger partial charge in [-0.3, -0.25) is 0 Å². The van der Waals surface area contributed by atoms with Gasteiger partial charge in [0.15, 0.2) is 0 Å². The summed E-state index contributed by atoms with van der Waals surface area (Å²) >= 11 is 0. The van der Waals surface area contributed by atoms with Crippen molar-refractivity contribution in [2.75, 3.05) is 7.05 Å². The van der Waals surface area contributed by atoms with Crippen molar-refractivity contribution in [2.45, 2.75) is 18.4 Å². The van der Waals surface area contributed by atoms with E-state index in [1.807, 2.05) is 6.07 Å². The average molecular weight is 291 g/mol. The highest BCUT2D eigenvalue weighted by Crippen LogP contribution is 2.17. The van der Waals surface area contributed by atoms with Gasteiger partial charge < -0.3 is 4.42 Å². The maximum atomic E-state index is 12.3. The van der Waals surface area contributed by atoms with E-state index in [1.54, 1.807) is 19.1 Å². The molecule has 104 valence electrons. The quantitative estimate of drug-likeness (QED) is 0.855. The Hall–Kier alpha value is -2.17. The van der Waals surface area contributed by atoms with Crippen molar-refractivity contribution in [2.24, 2.45) is 0 Å². The van der Waals surface area contributed by atoms with Gasteiger partial charge in [-0.05, 0) is 31.2 Å². The summed E-state index contributed by atoms with van der Waals surface area (Å²) in [7, 11) is -2.19. The van der Waals surface area contributed by atoms with Gasteiger partial charge in [-0.15, -0.1) is 0 Å². The fourth-order valence-electron chi connectivity index (χ4n) is 1.65. The van der Waals surface area contributed by atoms with E-state index in [0.717, 1.165) is 5.76 Å². The Morgan fingerprint density at radius 2 is 2.10 bits per heavy atom. The highest BCUT2D eigenvalue weighted by atomic mass is 32.2. The summed E-state index contributed by atoms with van der Waals surface area (Å²) in [6.45, 7) is 1.93. The lowest BCUT2D eigenvalue weighted by Crippen LogP contribution is -2.26. The summed E-state index contributed by atoms with van der Waals surface area (Å²) in [5.74, 6) is 1.29. The van der Waals surface area contributed by atoms with Crippen LogP contribution >= 0.6 is 0 Å². The molecule has 0 aliphatic carbocycles. The van der Waals surface area contributed by atoms with Gasteiger partial charge in [0.2, 0.25) is 10.0 Å². The molecule has 2 aromatic heterocycles. The first-order valence-electron chi connectivity index (χ1n) is 5.81. The molecule has 0 aliphatic heterocycles. The lowest BCUT2D eigenvalue weighted by Gasteiger charge is -2.15. The van der Waals surface area contributed by atoms with Crippen LogP contribution < -0.4 is 0 Å². The zero-order valence-corrected chi connectivity index (χ0v) is 11.9. The second kappa shape index (κ2) is 5.45. The van der Waals surface area contributed by atoms with E-state index >= 15 is 0 Å². The molecule has 0 aromatic carbocycles. The summed E-state index contributed by atoms with van der Waals surface area (Å²) in [5.41, 5.74) is 0.174. The molecule has 0 aliphatic rings. The Bertz CT molecular complexity index is 742. The van der Waals surface area contributed by atoms with E-state index in [1.165, 1.54) is 29.7 Å². The number of hydrogen-bond donors (Lipinski definition) is 0. The van der Waals surface area contributed by atoms with Crippen molar-refractivity contribution in [1.29, 1.82) is 5.26 Å². The fraction of sp³-hybridized carbons (Fsp3) is 0.231. The van der Waals surface area contributed by atoms with Gasteiger partial charge in [0.25, 0.3) is 0 Å². The highest BCUT2D eigenvalue weighted by molar-refractivity contribution is 7.89. The van der Waals surface area contributed by atoms with Crippen LogP contribution in [0.3, 0.4) is 0 Å². The van der Waals surface area contributed by atoms with Crippen LogP contribution in [0.1, 0.15) is 17.2 Å². The zero-order valence-electron chi connectivity index (χ0n) is 11.1. The van der Waals surface area contributed by atoms with E-state index in [-0.39, 0.29) is 17.1 Å². The molecule has 0 atom stereocenters. The van der Waals surface area contributed by atoms with Crippen molar-refractivity contribution in [3.63, 3.8) is 0 Å².